The summed E-state index contributed by atoms with van der Waals surface area (Å²) in [6.45, 7) is 4.34. The normalized spacial score (nSPS) is 18.5. The maximum Gasteiger partial charge on any atom is 0.0427 e. The maximum absolute atomic E-state index is 3.54. The molecular weight excluding hydrogens is 384 g/mol. The zero-order chi connectivity index (χ0) is 22.2. The van der Waals surface area contributed by atoms with Crippen LogP contribution in [0.2, 0.25) is 0 Å². The topological polar surface area (TPSA) is 0 Å². The second kappa shape index (κ2) is 11.1. The Hall–Kier alpha value is -2.96. The van der Waals surface area contributed by atoms with Crippen LogP contribution in [0.15, 0.2) is 71.8 Å². The SMILES string of the molecule is CCCc1ccc(C#CC2C=C(C3CCCCC3)C(C#Cc3ccc(C)cc3)=CC2)cc1. The van der Waals surface area contributed by atoms with Gasteiger partial charge in [0.25, 0.3) is 0 Å². The van der Waals surface area contributed by atoms with Gasteiger partial charge < -0.3 is 0 Å². The molecule has 0 bridgehead atoms. The van der Waals surface area contributed by atoms with Crippen molar-refractivity contribution in [1.29, 1.82) is 0 Å². The van der Waals surface area contributed by atoms with Crippen molar-refractivity contribution in [1.82, 2.24) is 0 Å². The number of allylic oxidation sites excluding steroid dienone is 4. The van der Waals surface area contributed by atoms with E-state index in [1.54, 1.807) is 0 Å². The summed E-state index contributed by atoms with van der Waals surface area (Å²) >= 11 is 0. The molecule has 2 aromatic rings. The summed E-state index contributed by atoms with van der Waals surface area (Å²) in [5, 5.41) is 0. The average Bonchev–Trinajstić information content (AvgIpc) is 2.84. The van der Waals surface area contributed by atoms with Gasteiger partial charge in [0.05, 0.1) is 0 Å². The zero-order valence-electron chi connectivity index (χ0n) is 19.6. The third-order valence-corrected chi connectivity index (χ3v) is 6.60. The number of aryl methyl sites for hydroxylation is 2. The van der Waals surface area contributed by atoms with E-state index in [4.69, 9.17) is 0 Å². The zero-order valence-corrected chi connectivity index (χ0v) is 19.6. The Bertz CT molecular complexity index is 1080. The van der Waals surface area contributed by atoms with Crippen molar-refractivity contribution in [2.75, 3.05) is 0 Å². The van der Waals surface area contributed by atoms with Crippen LogP contribution in [0.5, 0.6) is 0 Å². The third kappa shape index (κ3) is 6.05. The highest BCUT2D eigenvalue weighted by atomic mass is 14.3. The summed E-state index contributed by atoms with van der Waals surface area (Å²) in [5.41, 5.74) is 7.57. The van der Waals surface area contributed by atoms with Crippen molar-refractivity contribution >= 4 is 0 Å². The number of benzene rings is 2. The fourth-order valence-corrected chi connectivity index (χ4v) is 4.73. The predicted molar refractivity (Wildman–Crippen MR) is 136 cm³/mol. The molecule has 0 saturated heterocycles. The van der Waals surface area contributed by atoms with Gasteiger partial charge >= 0.3 is 0 Å². The standard InChI is InChI=1S/C32H34/c1-3-7-26-14-16-28(17-15-26)18-19-29-21-23-31(22-20-27-12-10-25(2)11-13-27)32(24-29)30-8-5-4-6-9-30/h10-17,23-24,29-30H,3-9,21H2,1-2H3. The molecule has 0 amide bonds. The van der Waals surface area contributed by atoms with Gasteiger partial charge in [-0.3, -0.25) is 0 Å². The van der Waals surface area contributed by atoms with E-state index in [1.807, 2.05) is 0 Å². The van der Waals surface area contributed by atoms with Crippen LogP contribution in [0.25, 0.3) is 0 Å². The number of rotatable bonds is 3. The molecule has 32 heavy (non-hydrogen) atoms. The van der Waals surface area contributed by atoms with E-state index in [2.05, 4.69) is 98.2 Å². The van der Waals surface area contributed by atoms with Crippen LogP contribution < -0.4 is 0 Å². The first-order valence-corrected chi connectivity index (χ1v) is 12.3. The number of hydrogen-bond donors (Lipinski definition) is 0. The Labute approximate surface area is 194 Å². The molecule has 0 radical (unpaired) electrons. The Kier molecular flexibility index (Phi) is 7.69. The van der Waals surface area contributed by atoms with Crippen LogP contribution in [0.1, 0.15) is 74.1 Å². The van der Waals surface area contributed by atoms with E-state index in [0.717, 1.165) is 24.0 Å². The molecule has 2 aliphatic carbocycles. The van der Waals surface area contributed by atoms with Crippen LogP contribution in [0.4, 0.5) is 0 Å². The maximum atomic E-state index is 3.54. The van der Waals surface area contributed by atoms with Crippen molar-refractivity contribution in [3.63, 3.8) is 0 Å². The Morgan fingerprint density at radius 1 is 0.812 bits per heavy atom. The molecule has 162 valence electrons. The van der Waals surface area contributed by atoms with Gasteiger partial charge in [-0.05, 0) is 73.9 Å². The van der Waals surface area contributed by atoms with Crippen molar-refractivity contribution in [2.45, 2.75) is 65.2 Å². The van der Waals surface area contributed by atoms with E-state index in [-0.39, 0.29) is 5.92 Å². The summed E-state index contributed by atoms with van der Waals surface area (Å²) in [7, 11) is 0. The van der Waals surface area contributed by atoms with Gasteiger partial charge in [0.1, 0.15) is 0 Å². The van der Waals surface area contributed by atoms with Crippen LogP contribution >= 0.6 is 0 Å². The molecule has 0 aromatic heterocycles. The highest BCUT2D eigenvalue weighted by Gasteiger charge is 2.23. The Balaban J connectivity index is 1.54. The van der Waals surface area contributed by atoms with E-state index >= 15 is 0 Å². The molecule has 2 aliphatic rings. The molecule has 0 heterocycles. The fourth-order valence-electron chi connectivity index (χ4n) is 4.73. The smallest absolute Gasteiger partial charge is 0.0427 e. The summed E-state index contributed by atoms with van der Waals surface area (Å²) in [6.07, 6.45) is 14.7. The summed E-state index contributed by atoms with van der Waals surface area (Å²) in [5.74, 6) is 14.8. The third-order valence-electron chi connectivity index (χ3n) is 6.60. The number of hydrogen-bond acceptors (Lipinski definition) is 0. The monoisotopic (exact) mass is 418 g/mol. The average molecular weight is 419 g/mol. The van der Waals surface area contributed by atoms with E-state index in [9.17, 15) is 0 Å². The molecular formula is C32H34. The first-order valence-electron chi connectivity index (χ1n) is 12.3. The highest BCUT2D eigenvalue weighted by molar-refractivity contribution is 5.53. The lowest BCUT2D eigenvalue weighted by Gasteiger charge is -2.27. The van der Waals surface area contributed by atoms with E-state index < -0.39 is 0 Å². The molecule has 0 N–H and O–H groups in total. The highest BCUT2D eigenvalue weighted by Crippen LogP contribution is 2.36. The first-order chi connectivity index (χ1) is 15.7. The summed E-state index contributed by atoms with van der Waals surface area (Å²) in [6, 6.07) is 17.3. The second-order valence-electron chi connectivity index (χ2n) is 9.25. The first kappa shape index (κ1) is 22.2. The molecule has 0 nitrogen and oxygen atoms in total. The van der Waals surface area contributed by atoms with Gasteiger partial charge in [-0.25, -0.2) is 0 Å². The van der Waals surface area contributed by atoms with Gasteiger partial charge in [-0.15, -0.1) is 0 Å². The summed E-state index contributed by atoms with van der Waals surface area (Å²) < 4.78 is 0. The Morgan fingerprint density at radius 3 is 2.22 bits per heavy atom. The lowest BCUT2D eigenvalue weighted by atomic mass is 9.77. The largest absolute Gasteiger partial charge is 0.0900 e. The molecule has 1 atom stereocenters. The van der Waals surface area contributed by atoms with Crippen LogP contribution in [0, 0.1) is 42.4 Å². The molecule has 4 rings (SSSR count). The van der Waals surface area contributed by atoms with Crippen molar-refractivity contribution in [3.05, 3.63) is 94.1 Å². The van der Waals surface area contributed by atoms with Crippen LogP contribution in [-0.4, -0.2) is 0 Å². The molecule has 0 heteroatoms. The van der Waals surface area contributed by atoms with Gasteiger partial charge in [-0.2, -0.15) is 0 Å². The lowest BCUT2D eigenvalue weighted by molar-refractivity contribution is 0.404. The Morgan fingerprint density at radius 2 is 1.50 bits per heavy atom. The van der Waals surface area contributed by atoms with Gasteiger partial charge in [0, 0.05) is 22.6 Å². The van der Waals surface area contributed by atoms with E-state index in [1.165, 1.54) is 60.8 Å². The molecule has 1 saturated carbocycles. The second-order valence-corrected chi connectivity index (χ2v) is 9.25. The minimum absolute atomic E-state index is 0.284. The molecule has 1 fully saturated rings. The van der Waals surface area contributed by atoms with Gasteiger partial charge in [0.15, 0.2) is 0 Å². The molecule has 2 aromatic carbocycles. The molecule has 0 spiro atoms. The van der Waals surface area contributed by atoms with Crippen LogP contribution in [0.3, 0.4) is 0 Å². The van der Waals surface area contributed by atoms with Crippen molar-refractivity contribution in [2.24, 2.45) is 11.8 Å². The minimum Gasteiger partial charge on any atom is -0.0900 e. The summed E-state index contributed by atoms with van der Waals surface area (Å²) in [4.78, 5) is 0. The fraction of sp³-hybridized carbons (Fsp3) is 0.375. The van der Waals surface area contributed by atoms with Gasteiger partial charge in [0.2, 0.25) is 0 Å². The quantitative estimate of drug-likeness (QED) is 0.446. The molecule has 0 aliphatic heterocycles. The lowest BCUT2D eigenvalue weighted by Crippen LogP contribution is -2.14. The minimum atomic E-state index is 0.284. The van der Waals surface area contributed by atoms with Crippen LogP contribution in [-0.2, 0) is 6.42 Å². The predicted octanol–water partition coefficient (Wildman–Crippen LogP) is 7.80. The van der Waals surface area contributed by atoms with Gasteiger partial charge in [-0.1, -0.05) is 98.3 Å². The van der Waals surface area contributed by atoms with Crippen molar-refractivity contribution < 1.29 is 0 Å². The van der Waals surface area contributed by atoms with E-state index in [0.29, 0.717) is 5.92 Å². The van der Waals surface area contributed by atoms with Crippen molar-refractivity contribution in [3.8, 4) is 23.7 Å². The molecule has 1 unspecified atom stereocenters.